The number of benzene rings is 3. The predicted octanol–water partition coefficient (Wildman–Crippen LogP) is 4.71. The van der Waals surface area contributed by atoms with E-state index in [1.54, 1.807) is 68.4 Å². The van der Waals surface area contributed by atoms with Crippen LogP contribution in [0.15, 0.2) is 77.7 Å². The second-order valence-electron chi connectivity index (χ2n) is 8.85. The average molecular weight is 542 g/mol. The van der Waals surface area contributed by atoms with Gasteiger partial charge in [0.05, 0.1) is 10.6 Å². The number of halogens is 1. The Morgan fingerprint density at radius 3 is 2.14 bits per heavy atom. The Bertz CT molecular complexity index is 1340. The Hall–Kier alpha value is -3.36. The molecule has 1 N–H and O–H groups in total. The number of amides is 2. The Morgan fingerprint density at radius 1 is 0.946 bits per heavy atom. The van der Waals surface area contributed by atoms with Crippen molar-refractivity contribution in [3.05, 3.63) is 94.5 Å². The van der Waals surface area contributed by atoms with E-state index in [9.17, 15) is 18.0 Å². The highest BCUT2D eigenvalue weighted by Crippen LogP contribution is 2.27. The summed E-state index contributed by atoms with van der Waals surface area (Å²) in [5.74, 6) is -0.871. The largest absolute Gasteiger partial charge is 0.355 e. The van der Waals surface area contributed by atoms with E-state index in [-0.39, 0.29) is 17.3 Å². The van der Waals surface area contributed by atoms with Gasteiger partial charge in [-0.2, -0.15) is 0 Å². The first kappa shape index (κ1) is 28.2. The number of nitrogens with one attached hydrogen (secondary N) is 1. The first-order valence-electron chi connectivity index (χ1n) is 12.0. The highest BCUT2D eigenvalue weighted by molar-refractivity contribution is 7.92. The third-order valence-electron chi connectivity index (χ3n) is 5.92. The van der Waals surface area contributed by atoms with Crippen LogP contribution in [-0.4, -0.2) is 44.3 Å². The molecule has 196 valence electrons. The molecular weight excluding hydrogens is 510 g/mol. The molecule has 0 heterocycles. The molecule has 3 aromatic carbocycles. The minimum Gasteiger partial charge on any atom is -0.355 e. The molecular formula is C28H32ClN3O4S. The van der Waals surface area contributed by atoms with Crippen molar-refractivity contribution in [2.24, 2.45) is 0 Å². The van der Waals surface area contributed by atoms with Crippen molar-refractivity contribution in [1.82, 2.24) is 10.2 Å². The summed E-state index contributed by atoms with van der Waals surface area (Å²) >= 11 is 6.36. The normalized spacial score (nSPS) is 12.0. The van der Waals surface area contributed by atoms with E-state index in [1.807, 2.05) is 19.9 Å². The fourth-order valence-corrected chi connectivity index (χ4v) is 5.67. The van der Waals surface area contributed by atoms with Crippen LogP contribution < -0.4 is 9.62 Å². The topological polar surface area (TPSA) is 86.8 Å². The monoisotopic (exact) mass is 541 g/mol. The SMILES string of the molecule is CCNC(=O)C(C)N(Cc1ccccc1Cl)C(=O)CN(c1cc(C)cc(C)c1)S(=O)(=O)c1ccccc1. The number of rotatable bonds is 10. The smallest absolute Gasteiger partial charge is 0.264 e. The number of likely N-dealkylation sites (N-methyl/N-ethyl adjacent to an activating group) is 1. The van der Waals surface area contributed by atoms with Gasteiger partial charge in [0.15, 0.2) is 0 Å². The van der Waals surface area contributed by atoms with E-state index >= 15 is 0 Å². The lowest BCUT2D eigenvalue weighted by atomic mass is 10.1. The molecule has 0 aromatic heterocycles. The van der Waals surface area contributed by atoms with Crippen LogP contribution in [0.4, 0.5) is 5.69 Å². The summed E-state index contributed by atoms with van der Waals surface area (Å²) in [6, 6.07) is 19.6. The van der Waals surface area contributed by atoms with Crippen molar-refractivity contribution in [3.8, 4) is 0 Å². The van der Waals surface area contributed by atoms with E-state index in [0.717, 1.165) is 15.4 Å². The predicted molar refractivity (Wildman–Crippen MR) is 147 cm³/mol. The third-order valence-corrected chi connectivity index (χ3v) is 8.08. The van der Waals surface area contributed by atoms with Gasteiger partial charge in [-0.15, -0.1) is 0 Å². The summed E-state index contributed by atoms with van der Waals surface area (Å²) in [4.78, 5) is 28.0. The molecule has 2 amide bonds. The number of aryl methyl sites for hydroxylation is 2. The van der Waals surface area contributed by atoms with Crippen molar-refractivity contribution >= 4 is 39.1 Å². The first-order chi connectivity index (χ1) is 17.5. The zero-order valence-electron chi connectivity index (χ0n) is 21.4. The van der Waals surface area contributed by atoms with Gasteiger partial charge in [-0.1, -0.05) is 54.1 Å². The average Bonchev–Trinajstić information content (AvgIpc) is 2.86. The second-order valence-corrected chi connectivity index (χ2v) is 11.1. The van der Waals surface area contributed by atoms with E-state index < -0.39 is 28.5 Å². The summed E-state index contributed by atoms with van der Waals surface area (Å²) in [5, 5.41) is 3.19. The lowest BCUT2D eigenvalue weighted by Gasteiger charge is -2.32. The molecule has 0 saturated heterocycles. The van der Waals surface area contributed by atoms with Gasteiger partial charge in [0.1, 0.15) is 12.6 Å². The lowest BCUT2D eigenvalue weighted by Crippen LogP contribution is -2.51. The Balaban J connectivity index is 2.06. The highest BCUT2D eigenvalue weighted by atomic mass is 35.5. The molecule has 37 heavy (non-hydrogen) atoms. The summed E-state index contributed by atoms with van der Waals surface area (Å²) < 4.78 is 28.7. The van der Waals surface area contributed by atoms with Gasteiger partial charge in [0.25, 0.3) is 10.0 Å². The van der Waals surface area contributed by atoms with Crippen molar-refractivity contribution in [2.75, 3.05) is 17.4 Å². The van der Waals surface area contributed by atoms with Gasteiger partial charge in [0, 0.05) is 18.1 Å². The van der Waals surface area contributed by atoms with Gasteiger partial charge in [-0.05, 0) is 74.7 Å². The zero-order chi connectivity index (χ0) is 27.2. The number of anilines is 1. The van der Waals surface area contributed by atoms with Crippen LogP contribution >= 0.6 is 11.6 Å². The number of hydrogen-bond donors (Lipinski definition) is 1. The van der Waals surface area contributed by atoms with E-state index in [2.05, 4.69) is 5.32 Å². The number of nitrogens with zero attached hydrogens (tertiary/aromatic N) is 2. The highest BCUT2D eigenvalue weighted by Gasteiger charge is 2.32. The molecule has 1 atom stereocenters. The number of hydrogen-bond acceptors (Lipinski definition) is 4. The summed E-state index contributed by atoms with van der Waals surface area (Å²) in [6.07, 6.45) is 0. The fraction of sp³-hybridized carbons (Fsp3) is 0.286. The number of carbonyl (C=O) groups is 2. The molecule has 0 aliphatic heterocycles. The quantitative estimate of drug-likeness (QED) is 0.403. The summed E-state index contributed by atoms with van der Waals surface area (Å²) in [5.41, 5.74) is 2.74. The van der Waals surface area contributed by atoms with Gasteiger partial charge in [-0.25, -0.2) is 8.42 Å². The van der Waals surface area contributed by atoms with Gasteiger partial charge in [0.2, 0.25) is 11.8 Å². The fourth-order valence-electron chi connectivity index (χ4n) is 4.06. The molecule has 3 rings (SSSR count). The van der Waals surface area contributed by atoms with Gasteiger partial charge in [-0.3, -0.25) is 13.9 Å². The number of carbonyl (C=O) groups excluding carboxylic acids is 2. The van der Waals surface area contributed by atoms with E-state index in [4.69, 9.17) is 11.6 Å². The van der Waals surface area contributed by atoms with Crippen molar-refractivity contribution in [2.45, 2.75) is 45.2 Å². The lowest BCUT2D eigenvalue weighted by molar-refractivity contribution is -0.139. The molecule has 1 unspecified atom stereocenters. The summed E-state index contributed by atoms with van der Waals surface area (Å²) in [7, 11) is -4.09. The van der Waals surface area contributed by atoms with Crippen molar-refractivity contribution < 1.29 is 18.0 Å². The third kappa shape index (κ3) is 6.90. The summed E-state index contributed by atoms with van der Waals surface area (Å²) in [6.45, 7) is 7.09. The van der Waals surface area contributed by atoms with Crippen LogP contribution in [-0.2, 0) is 26.2 Å². The standard InChI is InChI=1S/C28H32ClN3O4S/c1-5-30-28(34)22(4)31(18-23-11-9-10-14-26(23)29)27(33)19-32(24-16-20(2)15-21(3)17-24)37(35,36)25-12-7-6-8-13-25/h6-17,22H,5,18-19H2,1-4H3,(H,30,34). The van der Waals surface area contributed by atoms with Crippen LogP contribution in [0, 0.1) is 13.8 Å². The molecule has 0 radical (unpaired) electrons. The zero-order valence-corrected chi connectivity index (χ0v) is 23.0. The maximum atomic E-state index is 13.8. The minimum atomic E-state index is -4.09. The molecule has 7 nitrogen and oxygen atoms in total. The van der Waals surface area contributed by atoms with Crippen LogP contribution in [0.5, 0.6) is 0 Å². The number of sulfonamides is 1. The molecule has 3 aromatic rings. The molecule has 0 aliphatic rings. The van der Waals surface area contributed by atoms with Gasteiger partial charge < -0.3 is 10.2 Å². The van der Waals surface area contributed by atoms with Crippen LogP contribution in [0.25, 0.3) is 0 Å². The molecule has 9 heteroatoms. The molecule has 0 bridgehead atoms. The molecule has 0 saturated carbocycles. The van der Waals surface area contributed by atoms with Crippen molar-refractivity contribution in [3.63, 3.8) is 0 Å². The molecule has 0 aliphatic carbocycles. The van der Waals surface area contributed by atoms with E-state index in [0.29, 0.717) is 22.8 Å². The van der Waals surface area contributed by atoms with Crippen LogP contribution in [0.3, 0.4) is 0 Å². The Morgan fingerprint density at radius 2 is 1.54 bits per heavy atom. The Kier molecular flexibility index (Phi) is 9.34. The molecule has 0 spiro atoms. The molecule has 0 fully saturated rings. The van der Waals surface area contributed by atoms with Gasteiger partial charge >= 0.3 is 0 Å². The van der Waals surface area contributed by atoms with Crippen LogP contribution in [0.1, 0.15) is 30.5 Å². The maximum absolute atomic E-state index is 13.8. The Labute approximate surface area is 224 Å². The van der Waals surface area contributed by atoms with Crippen LogP contribution in [0.2, 0.25) is 5.02 Å². The second kappa shape index (κ2) is 12.3. The maximum Gasteiger partial charge on any atom is 0.264 e. The first-order valence-corrected chi connectivity index (χ1v) is 13.8. The van der Waals surface area contributed by atoms with Crippen molar-refractivity contribution in [1.29, 1.82) is 0 Å². The minimum absolute atomic E-state index is 0.0445. The van der Waals surface area contributed by atoms with E-state index in [1.165, 1.54) is 17.0 Å².